The van der Waals surface area contributed by atoms with Crippen LogP contribution in [0.1, 0.15) is 5.56 Å². The fourth-order valence-corrected chi connectivity index (χ4v) is 6.53. The molecule has 0 heterocycles. The van der Waals surface area contributed by atoms with Crippen LogP contribution in [0.25, 0.3) is 0 Å². The van der Waals surface area contributed by atoms with Crippen LogP contribution in [0.2, 0.25) is 0 Å². The molecule has 0 spiro atoms. The Morgan fingerprint density at radius 2 is 1.29 bits per heavy atom. The number of halogens is 1. The molecule has 0 aliphatic carbocycles. The smallest absolute Gasteiger partial charge is 0.161 e. The zero-order chi connectivity index (χ0) is 16.1. The lowest BCUT2D eigenvalue weighted by atomic mass is 10.2. The van der Waals surface area contributed by atoms with Gasteiger partial charge in [-0.2, -0.15) is 0 Å². The van der Waals surface area contributed by atoms with Gasteiger partial charge in [-0.3, -0.25) is 0 Å². The van der Waals surface area contributed by atoms with E-state index in [2.05, 4.69) is 85.5 Å². The molecule has 1 atom stereocenters. The first kappa shape index (κ1) is 18.7. The molecule has 0 aromatic heterocycles. The molecule has 3 aromatic carbocycles. The average molecular weight is 401 g/mol. The third-order valence-electron chi connectivity index (χ3n) is 4.28. The predicted molar refractivity (Wildman–Crippen MR) is 102 cm³/mol. The number of hydrogen-bond donors (Lipinski definition) is 0. The minimum atomic E-state index is -1.58. The summed E-state index contributed by atoms with van der Waals surface area (Å²) >= 11 is 0. The highest BCUT2D eigenvalue weighted by Gasteiger charge is 2.40. The number of hydrogen-bond acceptors (Lipinski definition) is 1. The molecular weight excluding hydrogens is 379 g/mol. The second kappa shape index (κ2) is 8.46. The maximum atomic E-state index is 5.68. The number of methoxy groups -OCH3 is 1. The van der Waals surface area contributed by atoms with Gasteiger partial charge in [-0.05, 0) is 29.8 Å². The Morgan fingerprint density at radius 1 is 0.750 bits per heavy atom. The topological polar surface area (TPSA) is 9.23 Å². The zero-order valence-corrected chi connectivity index (χ0v) is 16.5. The Balaban J connectivity index is 0.00000208. The van der Waals surface area contributed by atoms with E-state index < -0.39 is 7.26 Å². The van der Waals surface area contributed by atoms with E-state index in [9.17, 15) is 0 Å². The largest absolute Gasteiger partial charge is 1.00 e. The Labute approximate surface area is 155 Å². The average Bonchev–Trinajstić information content (AvgIpc) is 2.63. The van der Waals surface area contributed by atoms with Gasteiger partial charge in [-0.1, -0.05) is 60.7 Å². The lowest BCUT2D eigenvalue weighted by Gasteiger charge is -2.24. The lowest BCUT2D eigenvalue weighted by Crippen LogP contribution is -3.00. The minimum absolute atomic E-state index is 0. The van der Waals surface area contributed by atoms with Gasteiger partial charge in [0.2, 0.25) is 0 Å². The van der Waals surface area contributed by atoms with Gasteiger partial charge in [0, 0.05) is 0 Å². The van der Waals surface area contributed by atoms with E-state index in [0.717, 1.165) is 11.9 Å². The first-order chi connectivity index (χ1) is 11.2. The van der Waals surface area contributed by atoms with Crippen LogP contribution >= 0.6 is 7.26 Å². The molecule has 3 rings (SSSR count). The Bertz CT molecular complexity index is 761. The molecule has 0 radical (unpaired) electrons. The van der Waals surface area contributed by atoms with E-state index in [4.69, 9.17) is 4.74 Å². The number of ether oxygens (including phenoxy) is 1. The molecule has 1 nitrogen and oxygen atoms in total. The van der Waals surface area contributed by atoms with Crippen LogP contribution in [0.15, 0.2) is 84.9 Å². The molecule has 0 fully saturated rings. The van der Waals surface area contributed by atoms with E-state index in [1.165, 1.54) is 16.2 Å². The molecule has 0 aliphatic heterocycles. The standard InChI is InChI=1S/C21H22OP.BrH/c1-22-20-15-9-10-16-21(20)23(2,19-13-7-4-8-14-19)17-18-11-5-3-6-12-18;/h3-16H,17H2,1-2H3;1H/q+1;/p-1. The fourth-order valence-electron chi connectivity index (χ4n) is 3.06. The highest BCUT2D eigenvalue weighted by molar-refractivity contribution is 7.88. The molecule has 0 amide bonds. The second-order valence-electron chi connectivity index (χ2n) is 5.84. The van der Waals surface area contributed by atoms with Crippen molar-refractivity contribution in [3.05, 3.63) is 90.5 Å². The van der Waals surface area contributed by atoms with E-state index >= 15 is 0 Å². The summed E-state index contributed by atoms with van der Waals surface area (Å²) in [5.41, 5.74) is 1.37. The van der Waals surface area contributed by atoms with E-state index in [-0.39, 0.29) is 17.0 Å². The maximum absolute atomic E-state index is 5.68. The van der Waals surface area contributed by atoms with Crippen molar-refractivity contribution in [3.8, 4) is 5.75 Å². The normalized spacial score (nSPS) is 12.8. The molecule has 0 saturated heterocycles. The summed E-state index contributed by atoms with van der Waals surface area (Å²) in [6.45, 7) is 2.41. The number of rotatable bonds is 5. The maximum Gasteiger partial charge on any atom is 0.161 e. The zero-order valence-electron chi connectivity index (χ0n) is 14.0. The highest BCUT2D eigenvalue weighted by Crippen LogP contribution is 2.57. The molecule has 3 aromatic rings. The lowest BCUT2D eigenvalue weighted by molar-refractivity contribution is -0.00000495. The van der Waals surface area contributed by atoms with Crippen LogP contribution in [0.4, 0.5) is 0 Å². The molecule has 24 heavy (non-hydrogen) atoms. The van der Waals surface area contributed by atoms with Crippen LogP contribution in [-0.4, -0.2) is 13.8 Å². The second-order valence-corrected chi connectivity index (χ2v) is 9.54. The summed E-state index contributed by atoms with van der Waals surface area (Å²) in [7, 11) is 0.185. The first-order valence-corrected chi connectivity index (χ1v) is 10.2. The van der Waals surface area contributed by atoms with Gasteiger partial charge in [0.05, 0.1) is 32.5 Å². The Kier molecular flexibility index (Phi) is 6.60. The summed E-state index contributed by atoms with van der Waals surface area (Å²) in [6.07, 6.45) is 1.04. The minimum Gasteiger partial charge on any atom is -1.00 e. The summed E-state index contributed by atoms with van der Waals surface area (Å²) in [6, 6.07) is 30.1. The molecule has 1 unspecified atom stereocenters. The molecule has 0 N–H and O–H groups in total. The molecule has 0 bridgehead atoms. The van der Waals surface area contributed by atoms with Gasteiger partial charge >= 0.3 is 0 Å². The number of benzene rings is 3. The van der Waals surface area contributed by atoms with E-state index in [0.29, 0.717) is 0 Å². The first-order valence-electron chi connectivity index (χ1n) is 7.83. The quantitative estimate of drug-likeness (QED) is 0.589. The van der Waals surface area contributed by atoms with Crippen molar-refractivity contribution in [1.29, 1.82) is 0 Å². The predicted octanol–water partition coefficient (Wildman–Crippen LogP) is 1.50. The summed E-state index contributed by atoms with van der Waals surface area (Å²) in [4.78, 5) is 0. The monoisotopic (exact) mass is 400 g/mol. The molecule has 3 heteroatoms. The van der Waals surface area contributed by atoms with Crippen molar-refractivity contribution in [3.63, 3.8) is 0 Å². The van der Waals surface area contributed by atoms with E-state index in [1.807, 2.05) is 6.07 Å². The third kappa shape index (κ3) is 3.88. The SMILES string of the molecule is COc1ccccc1[P+](C)(Cc1ccccc1)c1ccccc1.[Br-]. The molecule has 124 valence electrons. The van der Waals surface area contributed by atoms with Gasteiger partial charge in [-0.15, -0.1) is 0 Å². The summed E-state index contributed by atoms with van der Waals surface area (Å²) in [5.74, 6) is 0.989. The van der Waals surface area contributed by atoms with Crippen LogP contribution in [0, 0.1) is 0 Å². The van der Waals surface area contributed by atoms with Crippen molar-refractivity contribution in [2.75, 3.05) is 13.8 Å². The van der Waals surface area contributed by atoms with Gasteiger partial charge in [0.25, 0.3) is 0 Å². The molecule has 0 aliphatic rings. The van der Waals surface area contributed by atoms with Gasteiger partial charge in [0.1, 0.15) is 5.30 Å². The molecular formula is C21H22BrOP. The van der Waals surface area contributed by atoms with Gasteiger partial charge in [0.15, 0.2) is 5.75 Å². The summed E-state index contributed by atoms with van der Waals surface area (Å²) < 4.78 is 5.68. The van der Waals surface area contributed by atoms with Crippen molar-refractivity contribution in [2.45, 2.75) is 6.16 Å². The van der Waals surface area contributed by atoms with E-state index in [1.54, 1.807) is 7.11 Å². The van der Waals surface area contributed by atoms with Crippen molar-refractivity contribution < 1.29 is 21.7 Å². The fraction of sp³-hybridized carbons (Fsp3) is 0.143. The van der Waals surface area contributed by atoms with Crippen LogP contribution < -0.4 is 32.3 Å². The Hall–Kier alpha value is -1.63. The summed E-state index contributed by atoms with van der Waals surface area (Å²) in [5, 5.41) is 2.74. The van der Waals surface area contributed by atoms with Crippen molar-refractivity contribution >= 4 is 17.9 Å². The van der Waals surface area contributed by atoms with Crippen LogP contribution in [-0.2, 0) is 6.16 Å². The van der Waals surface area contributed by atoms with Gasteiger partial charge in [-0.25, -0.2) is 0 Å². The van der Waals surface area contributed by atoms with Crippen LogP contribution in [0.3, 0.4) is 0 Å². The van der Waals surface area contributed by atoms with Crippen molar-refractivity contribution in [1.82, 2.24) is 0 Å². The highest BCUT2D eigenvalue weighted by atomic mass is 79.9. The third-order valence-corrected chi connectivity index (χ3v) is 8.15. The van der Waals surface area contributed by atoms with Gasteiger partial charge < -0.3 is 21.7 Å². The molecule has 0 saturated carbocycles. The number of para-hydroxylation sites is 1. The van der Waals surface area contributed by atoms with Crippen LogP contribution in [0.5, 0.6) is 5.75 Å². The van der Waals surface area contributed by atoms with Crippen molar-refractivity contribution in [2.24, 2.45) is 0 Å². The Morgan fingerprint density at radius 3 is 1.92 bits per heavy atom.